The first kappa shape index (κ1) is 21.4. The Bertz CT molecular complexity index is 1190. The molecule has 1 heterocycles. The standard InChI is InChI=1S/C26H24FNO4/c1-16-8-10-17(11-9-16)23-24(20-6-4-5-7-21(20)27)28(26(30)25(23)29)15-18-12-13-19(31-2)14-22(18)32-3/h4-14,24,29H,15H2,1-3H3/t24-/m1/s1. The van der Waals surface area contributed by atoms with E-state index in [1.165, 1.54) is 18.1 Å². The van der Waals surface area contributed by atoms with Crippen LogP contribution in [0.25, 0.3) is 5.57 Å². The third kappa shape index (κ3) is 3.80. The van der Waals surface area contributed by atoms with E-state index in [1.807, 2.05) is 31.2 Å². The first-order valence-electron chi connectivity index (χ1n) is 10.2. The average Bonchev–Trinajstić information content (AvgIpc) is 3.05. The number of nitrogens with zero attached hydrogens (tertiary/aromatic N) is 1. The summed E-state index contributed by atoms with van der Waals surface area (Å²) in [6.07, 6.45) is 0. The topological polar surface area (TPSA) is 59.0 Å². The molecule has 1 N–H and O–H groups in total. The molecule has 5 nitrogen and oxygen atoms in total. The molecule has 1 atom stereocenters. The predicted molar refractivity (Wildman–Crippen MR) is 120 cm³/mol. The minimum Gasteiger partial charge on any atom is -0.503 e. The van der Waals surface area contributed by atoms with Crippen molar-refractivity contribution in [2.45, 2.75) is 19.5 Å². The monoisotopic (exact) mass is 433 g/mol. The summed E-state index contributed by atoms with van der Waals surface area (Å²) in [4.78, 5) is 14.7. The van der Waals surface area contributed by atoms with E-state index in [2.05, 4.69) is 0 Å². The number of halogens is 1. The van der Waals surface area contributed by atoms with Crippen LogP contribution in [0.2, 0.25) is 0 Å². The highest BCUT2D eigenvalue weighted by molar-refractivity contribution is 6.05. The Labute approximate surface area is 186 Å². The van der Waals surface area contributed by atoms with Gasteiger partial charge in [0.2, 0.25) is 0 Å². The highest BCUT2D eigenvalue weighted by atomic mass is 19.1. The van der Waals surface area contributed by atoms with Gasteiger partial charge in [-0.2, -0.15) is 0 Å². The third-order valence-electron chi connectivity index (χ3n) is 5.70. The Morgan fingerprint density at radius 2 is 1.72 bits per heavy atom. The van der Waals surface area contributed by atoms with E-state index in [9.17, 15) is 14.3 Å². The molecule has 6 heteroatoms. The normalized spacial score (nSPS) is 15.9. The van der Waals surface area contributed by atoms with Gasteiger partial charge in [0.15, 0.2) is 5.76 Å². The Morgan fingerprint density at radius 1 is 1.00 bits per heavy atom. The zero-order valence-corrected chi connectivity index (χ0v) is 18.1. The maximum atomic E-state index is 14.9. The number of aliphatic hydroxyl groups excluding tert-OH is 1. The summed E-state index contributed by atoms with van der Waals surface area (Å²) in [5.74, 6) is -0.240. The van der Waals surface area contributed by atoms with Gasteiger partial charge in [-0.1, -0.05) is 48.0 Å². The average molecular weight is 433 g/mol. The maximum absolute atomic E-state index is 14.9. The summed E-state index contributed by atoms with van der Waals surface area (Å²) in [5.41, 5.74) is 3.11. The molecule has 3 aromatic rings. The first-order chi connectivity index (χ1) is 15.4. The molecular formula is C26H24FNO4. The largest absolute Gasteiger partial charge is 0.503 e. The number of ether oxygens (including phenoxy) is 2. The van der Waals surface area contributed by atoms with Gasteiger partial charge >= 0.3 is 0 Å². The summed E-state index contributed by atoms with van der Waals surface area (Å²) in [6, 6.07) is 18.3. The number of methoxy groups -OCH3 is 2. The van der Waals surface area contributed by atoms with E-state index in [1.54, 1.807) is 43.5 Å². The molecule has 1 amide bonds. The van der Waals surface area contributed by atoms with E-state index in [0.717, 1.165) is 5.56 Å². The Morgan fingerprint density at radius 3 is 2.38 bits per heavy atom. The van der Waals surface area contributed by atoms with Gasteiger partial charge < -0.3 is 19.5 Å². The Hall–Kier alpha value is -3.80. The number of carbonyl (C=O) groups excluding carboxylic acids is 1. The van der Waals surface area contributed by atoms with Crippen LogP contribution in [0.4, 0.5) is 4.39 Å². The lowest BCUT2D eigenvalue weighted by Crippen LogP contribution is -2.30. The molecule has 32 heavy (non-hydrogen) atoms. The molecule has 0 spiro atoms. The lowest BCUT2D eigenvalue weighted by molar-refractivity contribution is -0.130. The van der Waals surface area contributed by atoms with Gasteiger partial charge in [0, 0.05) is 22.8 Å². The van der Waals surface area contributed by atoms with Gasteiger partial charge in [-0.05, 0) is 30.7 Å². The highest BCUT2D eigenvalue weighted by Crippen LogP contribution is 2.45. The van der Waals surface area contributed by atoms with Crippen LogP contribution in [0, 0.1) is 12.7 Å². The van der Waals surface area contributed by atoms with Gasteiger partial charge in [0.05, 0.1) is 26.8 Å². The van der Waals surface area contributed by atoms with Gasteiger partial charge in [0.1, 0.15) is 17.3 Å². The number of carbonyl (C=O) groups is 1. The number of hydrogen-bond acceptors (Lipinski definition) is 4. The Balaban J connectivity index is 1.83. The van der Waals surface area contributed by atoms with Crippen LogP contribution in [0.15, 0.2) is 72.5 Å². The molecule has 0 saturated heterocycles. The number of amides is 1. The van der Waals surface area contributed by atoms with Crippen molar-refractivity contribution in [2.24, 2.45) is 0 Å². The fourth-order valence-corrected chi connectivity index (χ4v) is 4.03. The smallest absolute Gasteiger partial charge is 0.290 e. The van der Waals surface area contributed by atoms with E-state index in [0.29, 0.717) is 33.8 Å². The fourth-order valence-electron chi connectivity index (χ4n) is 4.03. The lowest BCUT2D eigenvalue weighted by atomic mass is 9.92. The molecule has 1 aliphatic heterocycles. The summed E-state index contributed by atoms with van der Waals surface area (Å²) in [6.45, 7) is 2.07. The van der Waals surface area contributed by atoms with Crippen molar-refractivity contribution in [1.29, 1.82) is 0 Å². The van der Waals surface area contributed by atoms with Crippen molar-refractivity contribution in [3.8, 4) is 11.5 Å². The van der Waals surface area contributed by atoms with Crippen LogP contribution in [0.3, 0.4) is 0 Å². The Kier molecular flexibility index (Phi) is 5.86. The van der Waals surface area contributed by atoms with E-state index in [-0.39, 0.29) is 12.3 Å². The number of hydrogen-bond donors (Lipinski definition) is 1. The molecule has 3 aromatic carbocycles. The van der Waals surface area contributed by atoms with Crippen LogP contribution in [0.5, 0.6) is 11.5 Å². The first-order valence-corrected chi connectivity index (χ1v) is 10.2. The van der Waals surface area contributed by atoms with Gasteiger partial charge in [-0.3, -0.25) is 4.79 Å². The van der Waals surface area contributed by atoms with Crippen LogP contribution < -0.4 is 9.47 Å². The molecule has 4 rings (SSSR count). The minimum atomic E-state index is -0.793. The number of aliphatic hydroxyl groups is 1. The predicted octanol–water partition coefficient (Wildman–Crippen LogP) is 5.20. The summed E-state index contributed by atoms with van der Waals surface area (Å²) in [5, 5.41) is 10.9. The molecular weight excluding hydrogens is 409 g/mol. The van der Waals surface area contributed by atoms with E-state index < -0.39 is 17.8 Å². The van der Waals surface area contributed by atoms with Crippen molar-refractivity contribution in [1.82, 2.24) is 4.90 Å². The van der Waals surface area contributed by atoms with Crippen molar-refractivity contribution in [3.05, 3.63) is 101 Å². The van der Waals surface area contributed by atoms with Crippen molar-refractivity contribution in [3.63, 3.8) is 0 Å². The third-order valence-corrected chi connectivity index (χ3v) is 5.70. The molecule has 1 aliphatic rings. The van der Waals surface area contributed by atoms with Crippen molar-refractivity contribution < 1.29 is 23.8 Å². The molecule has 0 saturated carbocycles. The zero-order valence-electron chi connectivity index (χ0n) is 18.1. The fraction of sp³-hybridized carbons (Fsp3) is 0.192. The second-order valence-corrected chi connectivity index (χ2v) is 7.66. The molecule has 0 aliphatic carbocycles. The lowest BCUT2D eigenvalue weighted by Gasteiger charge is -2.28. The van der Waals surface area contributed by atoms with Gasteiger partial charge in [-0.25, -0.2) is 4.39 Å². The molecule has 0 bridgehead atoms. The van der Waals surface area contributed by atoms with E-state index >= 15 is 0 Å². The van der Waals surface area contributed by atoms with Gasteiger partial charge in [0.25, 0.3) is 5.91 Å². The quantitative estimate of drug-likeness (QED) is 0.580. The van der Waals surface area contributed by atoms with Crippen LogP contribution in [0.1, 0.15) is 28.3 Å². The number of rotatable bonds is 6. The summed E-state index contributed by atoms with van der Waals surface area (Å²) >= 11 is 0. The van der Waals surface area contributed by atoms with Crippen LogP contribution >= 0.6 is 0 Å². The summed E-state index contributed by atoms with van der Waals surface area (Å²) < 4.78 is 25.7. The van der Waals surface area contributed by atoms with Crippen molar-refractivity contribution in [2.75, 3.05) is 14.2 Å². The van der Waals surface area contributed by atoms with Gasteiger partial charge in [-0.15, -0.1) is 0 Å². The molecule has 164 valence electrons. The molecule has 0 radical (unpaired) electrons. The number of benzene rings is 3. The highest BCUT2D eigenvalue weighted by Gasteiger charge is 2.42. The molecule has 0 aromatic heterocycles. The SMILES string of the molecule is COc1ccc(CN2C(=O)C(O)=C(c3ccc(C)cc3)[C@H]2c2ccccc2F)c(OC)c1. The van der Waals surface area contributed by atoms with Crippen molar-refractivity contribution >= 4 is 11.5 Å². The second-order valence-electron chi connectivity index (χ2n) is 7.66. The molecule has 0 fully saturated rings. The second kappa shape index (κ2) is 8.75. The molecule has 0 unspecified atom stereocenters. The number of aryl methyl sites for hydroxylation is 1. The minimum absolute atomic E-state index is 0.115. The van der Waals surface area contributed by atoms with E-state index in [4.69, 9.17) is 9.47 Å². The summed E-state index contributed by atoms with van der Waals surface area (Å²) in [7, 11) is 3.09. The van der Waals surface area contributed by atoms with Crippen LogP contribution in [-0.2, 0) is 11.3 Å². The maximum Gasteiger partial charge on any atom is 0.290 e. The zero-order chi connectivity index (χ0) is 22.8. The van der Waals surface area contributed by atoms with Crippen LogP contribution in [-0.4, -0.2) is 30.1 Å².